The second-order valence-corrected chi connectivity index (χ2v) is 5.69. The highest BCUT2D eigenvalue weighted by Gasteiger charge is 2.37. The van der Waals surface area contributed by atoms with Gasteiger partial charge in [0.1, 0.15) is 0 Å². The first kappa shape index (κ1) is 15.9. The molecular weight excluding hydrogens is 310 g/mol. The van der Waals surface area contributed by atoms with Crippen LogP contribution in [0.15, 0.2) is 42.5 Å². The first-order valence-corrected chi connectivity index (χ1v) is 7.41. The van der Waals surface area contributed by atoms with Crippen LogP contribution >= 0.6 is 0 Å². The third-order valence-corrected chi connectivity index (χ3v) is 4.13. The zero-order valence-electron chi connectivity index (χ0n) is 12.9. The Morgan fingerprint density at radius 2 is 1.67 bits per heavy atom. The molecule has 2 aromatic carbocycles. The number of rotatable bonds is 4. The number of carbonyl (C=O) groups excluding carboxylic acids is 2. The van der Waals surface area contributed by atoms with E-state index >= 15 is 0 Å². The van der Waals surface area contributed by atoms with Crippen molar-refractivity contribution < 1.29 is 24.6 Å². The number of nitrogens with zero attached hydrogens (tertiary/aromatic N) is 1. The number of amides is 2. The van der Waals surface area contributed by atoms with Crippen LogP contribution in [0, 0.1) is 0 Å². The highest BCUT2D eigenvalue weighted by Crippen LogP contribution is 2.30. The van der Waals surface area contributed by atoms with Crippen molar-refractivity contribution in [2.24, 2.45) is 0 Å². The number of hydrogen-bond donors (Lipinski definition) is 2. The van der Waals surface area contributed by atoms with Crippen molar-refractivity contribution >= 4 is 23.5 Å². The number of anilines is 1. The van der Waals surface area contributed by atoms with E-state index in [9.17, 15) is 19.5 Å². The van der Waals surface area contributed by atoms with Crippen LogP contribution in [-0.4, -0.2) is 34.6 Å². The van der Waals surface area contributed by atoms with Crippen molar-refractivity contribution in [3.63, 3.8) is 0 Å². The number of imide groups is 1. The molecule has 122 valence electrons. The second-order valence-electron chi connectivity index (χ2n) is 5.69. The van der Waals surface area contributed by atoms with Crippen molar-refractivity contribution in [3.8, 4) is 0 Å². The van der Waals surface area contributed by atoms with Gasteiger partial charge in [0.15, 0.2) is 0 Å². The van der Waals surface area contributed by atoms with Crippen LogP contribution < -0.4 is 4.90 Å². The van der Waals surface area contributed by atoms with Gasteiger partial charge in [-0.15, -0.1) is 0 Å². The summed E-state index contributed by atoms with van der Waals surface area (Å²) in [6.07, 6.45) is 0. The average Bonchev–Trinajstić information content (AvgIpc) is 2.85. The summed E-state index contributed by atoms with van der Waals surface area (Å²) in [4.78, 5) is 37.1. The first-order chi connectivity index (χ1) is 11.4. The predicted molar refractivity (Wildman–Crippen MR) is 86.5 cm³/mol. The van der Waals surface area contributed by atoms with Gasteiger partial charge in [-0.2, -0.15) is 0 Å². The third kappa shape index (κ3) is 2.47. The van der Waals surface area contributed by atoms with E-state index in [0.717, 1.165) is 10.5 Å². The highest BCUT2D eigenvalue weighted by atomic mass is 16.4. The monoisotopic (exact) mass is 325 g/mol. The Kier molecular flexibility index (Phi) is 3.91. The quantitative estimate of drug-likeness (QED) is 0.841. The molecule has 0 aromatic heterocycles. The number of aromatic carboxylic acids is 1. The molecule has 0 saturated carbocycles. The molecule has 1 unspecified atom stereocenters. The number of carboxylic acid groups (broad SMARTS) is 1. The lowest BCUT2D eigenvalue weighted by Crippen LogP contribution is -2.29. The van der Waals surface area contributed by atoms with Crippen LogP contribution in [0.3, 0.4) is 0 Å². The summed E-state index contributed by atoms with van der Waals surface area (Å²) >= 11 is 0. The minimum Gasteiger partial charge on any atom is -0.478 e. The zero-order chi connectivity index (χ0) is 17.4. The van der Waals surface area contributed by atoms with Gasteiger partial charge in [-0.3, -0.25) is 9.59 Å². The molecular formula is C18H15NO5. The number of hydrogen-bond acceptors (Lipinski definition) is 4. The molecule has 6 nitrogen and oxygen atoms in total. The number of aliphatic hydroxyl groups excluding tert-OH is 1. The van der Waals surface area contributed by atoms with Gasteiger partial charge < -0.3 is 10.2 Å². The van der Waals surface area contributed by atoms with Gasteiger partial charge in [0.2, 0.25) is 0 Å². The Morgan fingerprint density at radius 1 is 1.04 bits per heavy atom. The summed E-state index contributed by atoms with van der Waals surface area (Å²) in [5, 5.41) is 18.2. The number of benzene rings is 2. The fourth-order valence-corrected chi connectivity index (χ4v) is 2.67. The maximum absolute atomic E-state index is 12.5. The van der Waals surface area contributed by atoms with E-state index in [0.29, 0.717) is 5.69 Å². The van der Waals surface area contributed by atoms with E-state index in [1.165, 1.54) is 18.2 Å². The van der Waals surface area contributed by atoms with E-state index in [-0.39, 0.29) is 29.2 Å². The van der Waals surface area contributed by atoms with Gasteiger partial charge in [0.25, 0.3) is 11.8 Å². The molecule has 0 saturated heterocycles. The zero-order valence-corrected chi connectivity index (χ0v) is 12.9. The standard InChI is InChI=1S/C18H15NO5/c1-10(9-20)11-2-5-13(6-3-11)19-16(21)14-7-4-12(18(23)24)8-15(14)17(19)22/h2-8,10,20H,9H2,1H3,(H,23,24). The minimum atomic E-state index is -1.15. The summed E-state index contributed by atoms with van der Waals surface area (Å²) in [6, 6.07) is 10.7. The normalized spacial score (nSPS) is 14.7. The summed E-state index contributed by atoms with van der Waals surface area (Å²) in [6.45, 7) is 1.87. The fraction of sp³-hybridized carbons (Fsp3) is 0.167. The predicted octanol–water partition coefficient (Wildman–Crippen LogP) is 2.28. The molecule has 2 N–H and O–H groups in total. The molecule has 24 heavy (non-hydrogen) atoms. The maximum Gasteiger partial charge on any atom is 0.335 e. The molecule has 0 radical (unpaired) electrons. The number of aliphatic hydroxyl groups is 1. The molecule has 3 rings (SSSR count). The third-order valence-electron chi connectivity index (χ3n) is 4.13. The molecule has 0 fully saturated rings. The molecule has 0 bridgehead atoms. The lowest BCUT2D eigenvalue weighted by molar-refractivity contribution is 0.0696. The topological polar surface area (TPSA) is 94.9 Å². The van der Waals surface area contributed by atoms with Crippen LogP contribution in [0.5, 0.6) is 0 Å². The molecule has 2 amide bonds. The minimum absolute atomic E-state index is 0.00429. The van der Waals surface area contributed by atoms with Gasteiger partial charge in [0, 0.05) is 12.5 Å². The maximum atomic E-state index is 12.5. The van der Waals surface area contributed by atoms with Crippen molar-refractivity contribution in [1.29, 1.82) is 0 Å². The van der Waals surface area contributed by atoms with E-state index in [4.69, 9.17) is 5.11 Å². The fourth-order valence-electron chi connectivity index (χ4n) is 2.67. The van der Waals surface area contributed by atoms with Gasteiger partial charge in [-0.25, -0.2) is 9.69 Å². The Hall–Kier alpha value is -2.99. The van der Waals surface area contributed by atoms with Gasteiger partial charge >= 0.3 is 5.97 Å². The van der Waals surface area contributed by atoms with Gasteiger partial charge in [0.05, 0.1) is 22.4 Å². The van der Waals surface area contributed by atoms with Crippen molar-refractivity contribution in [1.82, 2.24) is 0 Å². The summed E-state index contributed by atoms with van der Waals surface area (Å²) in [5.41, 5.74) is 1.55. The molecule has 1 atom stereocenters. The van der Waals surface area contributed by atoms with E-state index in [1.54, 1.807) is 24.3 Å². The number of carbonyl (C=O) groups is 3. The molecule has 1 aliphatic heterocycles. The van der Waals surface area contributed by atoms with Crippen LogP contribution in [0.1, 0.15) is 49.5 Å². The first-order valence-electron chi connectivity index (χ1n) is 7.41. The summed E-state index contributed by atoms with van der Waals surface area (Å²) < 4.78 is 0. The van der Waals surface area contributed by atoms with Gasteiger partial charge in [-0.1, -0.05) is 19.1 Å². The summed E-state index contributed by atoms with van der Waals surface area (Å²) in [5.74, 6) is -2.21. The highest BCUT2D eigenvalue weighted by molar-refractivity contribution is 6.34. The average molecular weight is 325 g/mol. The Labute approximate surface area is 138 Å². The lowest BCUT2D eigenvalue weighted by atomic mass is 10.0. The number of fused-ring (bicyclic) bond motifs is 1. The van der Waals surface area contributed by atoms with Crippen molar-refractivity contribution in [2.45, 2.75) is 12.8 Å². The molecule has 1 aliphatic rings. The number of carboxylic acids is 1. The molecule has 0 spiro atoms. The SMILES string of the molecule is CC(CO)c1ccc(N2C(=O)c3ccc(C(=O)O)cc3C2=O)cc1. The summed E-state index contributed by atoms with van der Waals surface area (Å²) in [7, 11) is 0. The molecule has 6 heteroatoms. The van der Waals surface area contributed by atoms with E-state index in [1.807, 2.05) is 6.92 Å². The van der Waals surface area contributed by atoms with Crippen LogP contribution in [-0.2, 0) is 0 Å². The Morgan fingerprint density at radius 3 is 2.25 bits per heavy atom. The van der Waals surface area contributed by atoms with Crippen molar-refractivity contribution in [2.75, 3.05) is 11.5 Å². The molecule has 2 aromatic rings. The second kappa shape index (κ2) is 5.90. The van der Waals surface area contributed by atoms with E-state index < -0.39 is 17.8 Å². The lowest BCUT2D eigenvalue weighted by Gasteiger charge is -2.15. The largest absolute Gasteiger partial charge is 0.478 e. The Bertz CT molecular complexity index is 841. The van der Waals surface area contributed by atoms with Crippen LogP contribution in [0.25, 0.3) is 0 Å². The van der Waals surface area contributed by atoms with Gasteiger partial charge in [-0.05, 0) is 35.9 Å². The molecule has 1 heterocycles. The smallest absolute Gasteiger partial charge is 0.335 e. The Balaban J connectivity index is 1.97. The van der Waals surface area contributed by atoms with Crippen molar-refractivity contribution in [3.05, 3.63) is 64.7 Å². The van der Waals surface area contributed by atoms with E-state index in [2.05, 4.69) is 0 Å². The molecule has 0 aliphatic carbocycles. The van der Waals surface area contributed by atoms with Crippen LogP contribution in [0.4, 0.5) is 5.69 Å². The van der Waals surface area contributed by atoms with Crippen LogP contribution in [0.2, 0.25) is 0 Å².